The van der Waals surface area contributed by atoms with E-state index in [4.69, 9.17) is 13.0 Å². The van der Waals surface area contributed by atoms with Crippen LogP contribution in [0.4, 0.5) is 0 Å². The first-order chi connectivity index (χ1) is 9.23. The van der Waals surface area contributed by atoms with Crippen LogP contribution < -0.4 is 0 Å². The Bertz CT molecular complexity index is 298. The van der Waals surface area contributed by atoms with Gasteiger partial charge >= 0.3 is 15.3 Å². The van der Waals surface area contributed by atoms with Crippen LogP contribution in [0.5, 0.6) is 0 Å². The molecule has 0 aliphatic carbocycles. The van der Waals surface area contributed by atoms with E-state index in [1.54, 1.807) is 6.92 Å². The maximum absolute atomic E-state index is 11.3. The third kappa shape index (κ3) is 9.65. The normalized spacial score (nSPS) is 13.1. The van der Waals surface area contributed by atoms with Crippen molar-refractivity contribution in [3.8, 4) is 0 Å². The summed E-state index contributed by atoms with van der Waals surface area (Å²) in [4.78, 5) is 11.3. The predicted molar refractivity (Wildman–Crippen MR) is 90.1 cm³/mol. The highest BCUT2D eigenvalue weighted by Gasteiger charge is 2.26. The highest BCUT2D eigenvalue weighted by atomic mass is 28.4. The Morgan fingerprint density at radius 3 is 2.10 bits per heavy atom. The van der Waals surface area contributed by atoms with E-state index in [2.05, 4.69) is 39.7 Å². The quantitative estimate of drug-likeness (QED) is 0.267. The van der Waals surface area contributed by atoms with Crippen molar-refractivity contribution in [1.82, 2.24) is 0 Å². The average molecular weight is 334 g/mol. The molecule has 0 aromatic heterocycles. The van der Waals surface area contributed by atoms with Crippen LogP contribution in [0, 0.1) is 0 Å². The zero-order chi connectivity index (χ0) is 15.7. The topological polar surface area (TPSA) is 44.8 Å². The summed E-state index contributed by atoms with van der Waals surface area (Å²) < 4.78 is 17.2. The second-order valence-electron chi connectivity index (χ2n) is 5.61. The van der Waals surface area contributed by atoms with Crippen LogP contribution in [0.25, 0.3) is 0 Å². The summed E-state index contributed by atoms with van der Waals surface area (Å²) in [6.07, 6.45) is 1.82. The summed E-state index contributed by atoms with van der Waals surface area (Å²) in [5.74, 6) is -0.306. The molecule has 0 fully saturated rings. The predicted octanol–water partition coefficient (Wildman–Crippen LogP) is 2.76. The van der Waals surface area contributed by atoms with E-state index in [1.165, 1.54) is 0 Å². The average Bonchev–Trinajstić information content (AvgIpc) is 2.31. The van der Waals surface area contributed by atoms with Gasteiger partial charge in [0.05, 0.1) is 6.61 Å². The van der Waals surface area contributed by atoms with E-state index in [1.807, 2.05) is 0 Å². The molecule has 0 amide bonds. The molecule has 4 nitrogen and oxygen atoms in total. The van der Waals surface area contributed by atoms with Gasteiger partial charge < -0.3 is 13.0 Å². The number of esters is 1. The molecule has 0 spiro atoms. The van der Waals surface area contributed by atoms with Gasteiger partial charge in [0.1, 0.15) is 0 Å². The van der Waals surface area contributed by atoms with Crippen molar-refractivity contribution in [2.45, 2.75) is 58.4 Å². The Kier molecular flexibility index (Phi) is 10.4. The second kappa shape index (κ2) is 10.5. The standard InChI is InChI=1S/C13H29O4Si3/c1-11(2)13(14)15-10-8-9-12(3)20(16-18(4)5)17-19(6)7/h12,18-19H,1,8-10H2,2-7H3. The van der Waals surface area contributed by atoms with Crippen molar-refractivity contribution in [3.05, 3.63) is 12.2 Å². The maximum atomic E-state index is 11.3. The fraction of sp³-hybridized carbons (Fsp3) is 0.769. The van der Waals surface area contributed by atoms with Crippen LogP contribution >= 0.6 is 0 Å². The van der Waals surface area contributed by atoms with Crippen molar-refractivity contribution >= 4 is 33.3 Å². The second-order valence-corrected chi connectivity index (χ2v) is 13.3. The van der Waals surface area contributed by atoms with Crippen LogP contribution in [0.15, 0.2) is 12.2 Å². The lowest BCUT2D eigenvalue weighted by atomic mass is 10.2. The molecule has 0 bridgehead atoms. The first-order valence-corrected chi connectivity index (χ1v) is 14.2. The maximum Gasteiger partial charge on any atom is 0.365 e. The van der Waals surface area contributed by atoms with Gasteiger partial charge in [0.15, 0.2) is 18.1 Å². The van der Waals surface area contributed by atoms with Crippen molar-refractivity contribution in [2.24, 2.45) is 0 Å². The Labute approximate surface area is 128 Å². The molecular formula is C13H29O4Si3. The van der Waals surface area contributed by atoms with Gasteiger partial charge in [0.25, 0.3) is 0 Å². The molecule has 1 radical (unpaired) electrons. The Morgan fingerprint density at radius 2 is 1.70 bits per heavy atom. The molecule has 0 aliphatic rings. The van der Waals surface area contributed by atoms with Crippen molar-refractivity contribution in [3.63, 3.8) is 0 Å². The third-order valence-corrected chi connectivity index (χ3v) is 9.19. The van der Waals surface area contributed by atoms with Crippen molar-refractivity contribution < 1.29 is 17.8 Å². The largest absolute Gasteiger partial charge is 0.462 e. The molecule has 20 heavy (non-hydrogen) atoms. The van der Waals surface area contributed by atoms with Crippen LogP contribution in [0.3, 0.4) is 0 Å². The SMILES string of the molecule is C=C(C)C(=O)OCCCC(C)[Si](O[SiH](C)C)O[SiH](C)C. The van der Waals surface area contributed by atoms with E-state index < -0.39 is 27.4 Å². The van der Waals surface area contributed by atoms with Gasteiger partial charge in [-0.15, -0.1) is 0 Å². The molecule has 1 unspecified atom stereocenters. The monoisotopic (exact) mass is 333 g/mol. The molecule has 0 heterocycles. The number of ether oxygens (including phenoxy) is 1. The summed E-state index contributed by atoms with van der Waals surface area (Å²) in [6.45, 7) is 16.6. The van der Waals surface area contributed by atoms with Gasteiger partial charge in [-0.05, 0) is 46.0 Å². The molecule has 0 N–H and O–H groups in total. The fourth-order valence-corrected chi connectivity index (χ4v) is 8.26. The summed E-state index contributed by atoms with van der Waals surface area (Å²) >= 11 is 0. The van der Waals surface area contributed by atoms with Crippen LogP contribution in [0.1, 0.15) is 26.7 Å². The molecule has 0 saturated heterocycles. The van der Waals surface area contributed by atoms with Gasteiger partial charge in [0, 0.05) is 11.1 Å². The number of hydrogen-bond donors (Lipinski definition) is 0. The zero-order valence-electron chi connectivity index (χ0n) is 13.7. The molecule has 0 aliphatic heterocycles. The lowest BCUT2D eigenvalue weighted by Gasteiger charge is -2.25. The number of carbonyl (C=O) groups is 1. The molecule has 0 rings (SSSR count). The van der Waals surface area contributed by atoms with Gasteiger partial charge in [0.2, 0.25) is 0 Å². The lowest BCUT2D eigenvalue weighted by molar-refractivity contribution is -0.139. The molecule has 117 valence electrons. The number of carbonyl (C=O) groups excluding carboxylic acids is 1. The number of hydrogen-bond acceptors (Lipinski definition) is 4. The molecule has 7 heteroatoms. The first kappa shape index (κ1) is 19.8. The van der Waals surface area contributed by atoms with Gasteiger partial charge in [-0.2, -0.15) is 0 Å². The Morgan fingerprint density at radius 1 is 1.20 bits per heavy atom. The van der Waals surface area contributed by atoms with E-state index in [-0.39, 0.29) is 5.97 Å². The minimum Gasteiger partial charge on any atom is -0.462 e. The van der Waals surface area contributed by atoms with E-state index in [0.717, 1.165) is 12.8 Å². The summed E-state index contributed by atoms with van der Waals surface area (Å²) in [5, 5.41) is 0. The zero-order valence-corrected chi connectivity index (χ0v) is 17.0. The number of rotatable bonds is 10. The summed E-state index contributed by atoms with van der Waals surface area (Å²) in [5.41, 5.74) is 0.874. The minimum atomic E-state index is -1.17. The van der Waals surface area contributed by atoms with Gasteiger partial charge in [-0.25, -0.2) is 4.79 Å². The van der Waals surface area contributed by atoms with E-state index in [9.17, 15) is 4.79 Å². The molecule has 0 aromatic rings. The van der Waals surface area contributed by atoms with Gasteiger partial charge in [-0.1, -0.05) is 13.5 Å². The summed E-state index contributed by atoms with van der Waals surface area (Å²) in [6, 6.07) is 0. The Balaban J connectivity index is 4.09. The van der Waals surface area contributed by atoms with Crippen molar-refractivity contribution in [1.29, 1.82) is 0 Å². The molecule has 1 atom stereocenters. The first-order valence-electron chi connectivity index (χ1n) is 7.26. The highest BCUT2D eigenvalue weighted by Crippen LogP contribution is 2.20. The Hall–Kier alpha value is -0.219. The summed E-state index contributed by atoms with van der Waals surface area (Å²) in [7, 11) is -3.31. The molecule has 0 aromatic carbocycles. The van der Waals surface area contributed by atoms with Crippen molar-refractivity contribution in [2.75, 3.05) is 6.61 Å². The lowest BCUT2D eigenvalue weighted by Crippen LogP contribution is -2.36. The van der Waals surface area contributed by atoms with E-state index >= 15 is 0 Å². The van der Waals surface area contributed by atoms with Gasteiger partial charge in [-0.3, -0.25) is 0 Å². The smallest absolute Gasteiger partial charge is 0.365 e. The molecule has 0 saturated carbocycles. The molecular weight excluding hydrogens is 304 g/mol. The minimum absolute atomic E-state index is 0.306. The highest BCUT2D eigenvalue weighted by molar-refractivity contribution is 6.68. The third-order valence-electron chi connectivity index (χ3n) is 2.47. The van der Waals surface area contributed by atoms with Crippen LogP contribution in [0.2, 0.25) is 31.7 Å². The fourth-order valence-electron chi connectivity index (χ4n) is 1.52. The van der Waals surface area contributed by atoms with Crippen LogP contribution in [-0.4, -0.2) is 39.9 Å². The van der Waals surface area contributed by atoms with E-state index in [0.29, 0.717) is 17.7 Å². The van der Waals surface area contributed by atoms with Crippen LogP contribution in [-0.2, 0) is 17.8 Å².